The van der Waals surface area contributed by atoms with Crippen molar-refractivity contribution in [3.63, 3.8) is 0 Å². The molecule has 4 aromatic rings. The number of hydrogen-bond donors (Lipinski definition) is 0. The minimum absolute atomic E-state index is 0.0534. The molecule has 32 heavy (non-hydrogen) atoms. The molecule has 1 aromatic heterocycles. The molecule has 0 fully saturated rings. The minimum atomic E-state index is -0.283. The lowest BCUT2D eigenvalue weighted by atomic mass is 10.1. The molecule has 0 bridgehead atoms. The molecule has 0 unspecified atom stereocenters. The summed E-state index contributed by atoms with van der Waals surface area (Å²) >= 11 is 1.25. The number of rotatable bonds is 5. The van der Waals surface area contributed by atoms with Crippen LogP contribution >= 0.6 is 11.8 Å². The van der Waals surface area contributed by atoms with Gasteiger partial charge in [-0.3, -0.25) is 4.79 Å². The number of carbonyl (C=O) groups is 1. The Morgan fingerprint density at radius 1 is 1.00 bits per heavy atom. The fraction of sp³-hybridized carbons (Fsp3) is 0.160. The fourth-order valence-corrected chi connectivity index (χ4v) is 4.63. The van der Waals surface area contributed by atoms with Crippen LogP contribution in [0.5, 0.6) is 0 Å². The van der Waals surface area contributed by atoms with Gasteiger partial charge in [0.15, 0.2) is 0 Å². The first-order valence-electron chi connectivity index (χ1n) is 10.4. The number of aromatic nitrogens is 2. The second-order valence-electron chi connectivity index (χ2n) is 7.54. The number of benzene rings is 3. The van der Waals surface area contributed by atoms with Gasteiger partial charge in [-0.2, -0.15) is 5.10 Å². The van der Waals surface area contributed by atoms with E-state index in [2.05, 4.69) is 9.67 Å². The van der Waals surface area contributed by atoms with E-state index in [4.69, 9.17) is 4.98 Å². The SMILES string of the molecule is CCn1c(-c2cccc(F)c2)nc2cc(C3=NN(Cc4ccccc4)C(=O)SC3)ccc21. The predicted octanol–water partition coefficient (Wildman–Crippen LogP) is 5.94. The van der Waals surface area contributed by atoms with Crippen molar-refractivity contribution in [1.29, 1.82) is 0 Å². The summed E-state index contributed by atoms with van der Waals surface area (Å²) in [5, 5.41) is 6.12. The second kappa shape index (κ2) is 8.59. The van der Waals surface area contributed by atoms with Crippen molar-refractivity contribution in [2.24, 2.45) is 5.10 Å². The average Bonchev–Trinajstić information content (AvgIpc) is 3.19. The van der Waals surface area contributed by atoms with Gasteiger partial charge in [0.25, 0.3) is 0 Å². The van der Waals surface area contributed by atoms with Gasteiger partial charge < -0.3 is 4.57 Å². The molecule has 160 valence electrons. The number of thioether (sulfide) groups is 1. The van der Waals surface area contributed by atoms with E-state index in [0.29, 0.717) is 12.3 Å². The molecular weight excluding hydrogens is 423 g/mol. The monoisotopic (exact) mass is 444 g/mol. The van der Waals surface area contributed by atoms with E-state index < -0.39 is 0 Å². The molecule has 5 rings (SSSR count). The third-order valence-corrected chi connectivity index (χ3v) is 6.32. The number of hydrogen-bond acceptors (Lipinski definition) is 4. The minimum Gasteiger partial charge on any atom is -0.324 e. The molecule has 5 nitrogen and oxygen atoms in total. The Morgan fingerprint density at radius 3 is 2.62 bits per heavy atom. The normalized spacial score (nSPS) is 14.1. The summed E-state index contributed by atoms with van der Waals surface area (Å²) in [6, 6.07) is 22.4. The first kappa shape index (κ1) is 20.5. The highest BCUT2D eigenvalue weighted by Crippen LogP contribution is 2.28. The van der Waals surface area contributed by atoms with E-state index >= 15 is 0 Å². The molecule has 1 amide bonds. The summed E-state index contributed by atoms with van der Waals surface area (Å²) in [7, 11) is 0. The topological polar surface area (TPSA) is 50.5 Å². The van der Waals surface area contributed by atoms with E-state index in [0.717, 1.165) is 45.8 Å². The summed E-state index contributed by atoms with van der Waals surface area (Å²) in [5.41, 5.74) is 5.35. The van der Waals surface area contributed by atoms with Crippen LogP contribution in [-0.4, -0.2) is 31.3 Å². The lowest BCUT2D eigenvalue weighted by molar-refractivity contribution is 0.222. The maximum Gasteiger partial charge on any atom is 0.302 e. The number of fused-ring (bicyclic) bond motifs is 1. The third kappa shape index (κ3) is 3.91. The van der Waals surface area contributed by atoms with E-state index in [9.17, 15) is 9.18 Å². The van der Waals surface area contributed by atoms with E-state index in [1.165, 1.54) is 28.9 Å². The Morgan fingerprint density at radius 2 is 1.84 bits per heavy atom. The zero-order valence-electron chi connectivity index (χ0n) is 17.5. The molecule has 1 aliphatic heterocycles. The van der Waals surface area contributed by atoms with Crippen LogP contribution in [0, 0.1) is 5.82 Å². The third-order valence-electron chi connectivity index (χ3n) is 5.44. The quantitative estimate of drug-likeness (QED) is 0.383. The van der Waals surface area contributed by atoms with Crippen LogP contribution in [-0.2, 0) is 13.1 Å². The van der Waals surface area contributed by atoms with Crippen LogP contribution in [0.1, 0.15) is 18.1 Å². The summed E-state index contributed by atoms with van der Waals surface area (Å²) in [6.07, 6.45) is 0. The molecule has 0 atom stereocenters. The van der Waals surface area contributed by atoms with Gasteiger partial charge in [0.05, 0.1) is 23.3 Å². The van der Waals surface area contributed by atoms with Crippen molar-refractivity contribution in [3.05, 3.63) is 89.7 Å². The zero-order chi connectivity index (χ0) is 22.1. The van der Waals surface area contributed by atoms with Crippen molar-refractivity contribution in [2.75, 3.05) is 5.75 Å². The molecular formula is C25H21FN4OS. The van der Waals surface area contributed by atoms with Crippen LogP contribution in [0.3, 0.4) is 0 Å². The molecule has 7 heteroatoms. The zero-order valence-corrected chi connectivity index (χ0v) is 18.3. The van der Waals surface area contributed by atoms with Gasteiger partial charge in [-0.15, -0.1) is 0 Å². The van der Waals surface area contributed by atoms with Gasteiger partial charge in [0, 0.05) is 23.4 Å². The van der Waals surface area contributed by atoms with Gasteiger partial charge in [0.1, 0.15) is 11.6 Å². The van der Waals surface area contributed by atoms with E-state index in [-0.39, 0.29) is 11.1 Å². The molecule has 0 radical (unpaired) electrons. The number of nitrogens with zero attached hydrogens (tertiary/aromatic N) is 4. The number of hydrazone groups is 1. The Bertz CT molecular complexity index is 1330. The van der Waals surface area contributed by atoms with Gasteiger partial charge in [-0.05, 0) is 36.8 Å². The predicted molar refractivity (Wildman–Crippen MR) is 127 cm³/mol. The first-order chi connectivity index (χ1) is 15.6. The molecule has 0 saturated carbocycles. The summed E-state index contributed by atoms with van der Waals surface area (Å²) < 4.78 is 15.9. The Labute approximate surface area is 189 Å². The number of aryl methyl sites for hydroxylation is 1. The van der Waals surface area contributed by atoms with E-state index in [1.54, 1.807) is 6.07 Å². The summed E-state index contributed by atoms with van der Waals surface area (Å²) in [6.45, 7) is 3.21. The largest absolute Gasteiger partial charge is 0.324 e. The second-order valence-corrected chi connectivity index (χ2v) is 8.46. The maximum absolute atomic E-state index is 13.8. The lowest BCUT2D eigenvalue weighted by Crippen LogP contribution is -2.29. The van der Waals surface area contributed by atoms with Crippen LogP contribution in [0.25, 0.3) is 22.4 Å². The summed E-state index contributed by atoms with van der Waals surface area (Å²) in [4.78, 5) is 17.2. The number of imidazole rings is 1. The van der Waals surface area contributed by atoms with Crippen molar-refractivity contribution >= 4 is 33.7 Å². The Balaban J connectivity index is 1.51. The number of amides is 1. The van der Waals surface area contributed by atoms with Crippen molar-refractivity contribution in [3.8, 4) is 11.4 Å². The Kier molecular flexibility index (Phi) is 5.49. The average molecular weight is 445 g/mol. The standard InChI is InChI=1S/C25H21FN4OS/c1-2-29-23-12-11-18(14-21(23)27-24(29)19-9-6-10-20(26)13-19)22-16-32-25(31)30(28-22)15-17-7-4-3-5-8-17/h3-14H,2,15-16H2,1H3. The van der Waals surface area contributed by atoms with Crippen molar-refractivity contribution in [2.45, 2.75) is 20.0 Å². The van der Waals surface area contributed by atoms with Gasteiger partial charge in [0.2, 0.25) is 0 Å². The molecule has 1 aliphatic rings. The number of halogens is 1. The first-order valence-corrected chi connectivity index (χ1v) is 11.4. The van der Waals surface area contributed by atoms with E-state index in [1.807, 2.05) is 61.5 Å². The molecule has 0 saturated heterocycles. The highest BCUT2D eigenvalue weighted by Gasteiger charge is 2.23. The van der Waals surface area contributed by atoms with Crippen LogP contribution < -0.4 is 0 Å². The smallest absolute Gasteiger partial charge is 0.302 e. The summed E-state index contributed by atoms with van der Waals surface area (Å²) in [5.74, 6) is 0.968. The van der Waals surface area contributed by atoms with Gasteiger partial charge in [-0.1, -0.05) is 60.3 Å². The molecule has 0 spiro atoms. The van der Waals surface area contributed by atoms with Crippen LogP contribution in [0.2, 0.25) is 0 Å². The maximum atomic E-state index is 13.8. The molecule has 0 N–H and O–H groups in total. The highest BCUT2D eigenvalue weighted by molar-refractivity contribution is 8.14. The molecule has 2 heterocycles. The van der Waals surface area contributed by atoms with Crippen LogP contribution in [0.4, 0.5) is 9.18 Å². The molecule has 0 aliphatic carbocycles. The van der Waals surface area contributed by atoms with Gasteiger partial charge in [-0.25, -0.2) is 14.4 Å². The van der Waals surface area contributed by atoms with Crippen LogP contribution in [0.15, 0.2) is 77.9 Å². The molecule has 3 aromatic carbocycles. The van der Waals surface area contributed by atoms with Gasteiger partial charge >= 0.3 is 5.24 Å². The highest BCUT2D eigenvalue weighted by atomic mass is 32.2. The fourth-order valence-electron chi connectivity index (χ4n) is 3.89. The lowest BCUT2D eigenvalue weighted by Gasteiger charge is -2.23. The Hall–Kier alpha value is -3.45. The van der Waals surface area contributed by atoms with Crippen molar-refractivity contribution < 1.29 is 9.18 Å². The number of carbonyl (C=O) groups excluding carboxylic acids is 1. The van der Waals surface area contributed by atoms with Crippen molar-refractivity contribution in [1.82, 2.24) is 14.6 Å².